The molecule has 5 nitrogen and oxygen atoms in total. The van der Waals surface area contributed by atoms with Crippen LogP contribution in [0.3, 0.4) is 0 Å². The summed E-state index contributed by atoms with van der Waals surface area (Å²) in [6.07, 6.45) is 3.16. The molecule has 3 N–H and O–H groups in total. The molecule has 2 aliphatic rings. The van der Waals surface area contributed by atoms with Crippen molar-refractivity contribution in [1.82, 2.24) is 9.88 Å². The number of hydrogen-bond donors (Lipinski definition) is 2. The first-order chi connectivity index (χ1) is 8.56. The second kappa shape index (κ2) is 4.20. The van der Waals surface area contributed by atoms with Crippen LogP contribution in [0.5, 0.6) is 0 Å². The number of aliphatic hydroxyl groups is 1. The molecule has 1 amide bonds. The average molecular weight is 267 g/mol. The molecule has 2 unspecified atom stereocenters. The molecular formula is C12H17N3O2S. The molecule has 2 fully saturated rings. The number of fused-ring (bicyclic) bond motifs is 2. The highest BCUT2D eigenvalue weighted by atomic mass is 32.1. The SMILES string of the molecule is Cc1nc(N)sc1C(=O)N1C2CCC1CC(O)C2. The molecule has 0 aromatic carbocycles. The van der Waals surface area contributed by atoms with E-state index >= 15 is 0 Å². The van der Waals surface area contributed by atoms with Gasteiger partial charge in [-0.3, -0.25) is 4.79 Å². The van der Waals surface area contributed by atoms with Gasteiger partial charge in [0.1, 0.15) is 4.88 Å². The standard InChI is InChI=1S/C12H17N3O2S/c1-6-10(18-12(13)14-6)11(17)15-7-2-3-8(15)5-9(16)4-7/h7-9,16H,2-5H2,1H3,(H2,13,14). The van der Waals surface area contributed by atoms with Gasteiger partial charge in [0.15, 0.2) is 5.13 Å². The molecular weight excluding hydrogens is 250 g/mol. The number of nitrogens with zero attached hydrogens (tertiary/aromatic N) is 2. The van der Waals surface area contributed by atoms with Crippen LogP contribution in [0, 0.1) is 6.92 Å². The van der Waals surface area contributed by atoms with Crippen molar-refractivity contribution in [1.29, 1.82) is 0 Å². The number of aryl methyl sites for hydroxylation is 1. The van der Waals surface area contributed by atoms with Crippen LogP contribution in [0.4, 0.5) is 5.13 Å². The van der Waals surface area contributed by atoms with Crippen molar-refractivity contribution >= 4 is 22.4 Å². The van der Waals surface area contributed by atoms with Crippen molar-refractivity contribution in [3.05, 3.63) is 10.6 Å². The summed E-state index contributed by atoms with van der Waals surface area (Å²) in [4.78, 5) is 19.3. The fraction of sp³-hybridized carbons (Fsp3) is 0.667. The minimum atomic E-state index is -0.251. The zero-order valence-electron chi connectivity index (χ0n) is 10.3. The fourth-order valence-corrected chi connectivity index (χ4v) is 3.99. The molecule has 18 heavy (non-hydrogen) atoms. The van der Waals surface area contributed by atoms with Crippen LogP contribution in [-0.4, -0.2) is 39.1 Å². The van der Waals surface area contributed by atoms with Crippen LogP contribution in [0.1, 0.15) is 41.0 Å². The van der Waals surface area contributed by atoms with E-state index in [1.54, 1.807) is 0 Å². The molecule has 2 bridgehead atoms. The predicted molar refractivity (Wildman–Crippen MR) is 69.5 cm³/mol. The van der Waals surface area contributed by atoms with Crippen LogP contribution in [0.15, 0.2) is 0 Å². The van der Waals surface area contributed by atoms with Gasteiger partial charge in [0.2, 0.25) is 0 Å². The van der Waals surface area contributed by atoms with Gasteiger partial charge >= 0.3 is 0 Å². The molecule has 2 aliphatic heterocycles. The lowest BCUT2D eigenvalue weighted by Gasteiger charge is -2.37. The second-order valence-corrected chi connectivity index (χ2v) is 6.22. The summed E-state index contributed by atoms with van der Waals surface area (Å²) in [5.41, 5.74) is 6.37. The number of thiazole rings is 1. The number of amides is 1. The van der Waals surface area contributed by atoms with E-state index in [1.807, 2.05) is 11.8 Å². The number of nitrogen functional groups attached to an aromatic ring is 1. The third-order valence-electron chi connectivity index (χ3n) is 3.95. The monoisotopic (exact) mass is 267 g/mol. The molecule has 1 aromatic heterocycles. The van der Waals surface area contributed by atoms with Crippen LogP contribution >= 0.6 is 11.3 Å². The maximum Gasteiger partial charge on any atom is 0.266 e. The maximum atomic E-state index is 12.6. The number of aromatic nitrogens is 1. The highest BCUT2D eigenvalue weighted by molar-refractivity contribution is 7.17. The Morgan fingerprint density at radius 3 is 2.56 bits per heavy atom. The Bertz CT molecular complexity index is 474. The number of carbonyl (C=O) groups is 1. The zero-order valence-corrected chi connectivity index (χ0v) is 11.1. The molecule has 0 radical (unpaired) electrons. The van der Waals surface area contributed by atoms with Gasteiger partial charge in [0.05, 0.1) is 11.8 Å². The third-order valence-corrected chi connectivity index (χ3v) is 4.92. The number of nitrogens with two attached hydrogens (primary N) is 1. The predicted octanol–water partition coefficient (Wildman–Crippen LogP) is 1.16. The highest BCUT2D eigenvalue weighted by Gasteiger charge is 2.43. The van der Waals surface area contributed by atoms with Crippen LogP contribution in [0.25, 0.3) is 0 Å². The quantitative estimate of drug-likeness (QED) is 0.800. The zero-order chi connectivity index (χ0) is 12.9. The molecule has 0 saturated carbocycles. The molecule has 6 heteroatoms. The number of anilines is 1. The van der Waals surface area contributed by atoms with Gasteiger partial charge in [-0.25, -0.2) is 4.98 Å². The largest absolute Gasteiger partial charge is 0.393 e. The fourth-order valence-electron chi connectivity index (χ4n) is 3.21. The van der Waals surface area contributed by atoms with Crippen molar-refractivity contribution in [2.45, 2.75) is 50.8 Å². The van der Waals surface area contributed by atoms with Gasteiger partial charge in [-0.1, -0.05) is 11.3 Å². The number of carbonyl (C=O) groups excluding carboxylic acids is 1. The van der Waals surface area contributed by atoms with E-state index < -0.39 is 0 Å². The summed E-state index contributed by atoms with van der Waals surface area (Å²) >= 11 is 1.26. The molecule has 1 aromatic rings. The Balaban J connectivity index is 1.88. The molecule has 0 aliphatic carbocycles. The number of piperidine rings is 1. The molecule has 98 valence electrons. The first-order valence-electron chi connectivity index (χ1n) is 6.30. The van der Waals surface area contributed by atoms with Crippen LogP contribution in [0.2, 0.25) is 0 Å². The Kier molecular flexibility index (Phi) is 2.79. The Hall–Kier alpha value is -1.14. The van der Waals surface area contributed by atoms with Gasteiger partial charge in [-0.05, 0) is 32.6 Å². The van der Waals surface area contributed by atoms with Gasteiger partial charge < -0.3 is 15.7 Å². The lowest BCUT2D eigenvalue weighted by molar-refractivity contribution is 0.0290. The summed E-state index contributed by atoms with van der Waals surface area (Å²) in [6.45, 7) is 1.82. The first-order valence-corrected chi connectivity index (χ1v) is 7.11. The number of rotatable bonds is 1. The van der Waals surface area contributed by atoms with E-state index in [0.717, 1.165) is 12.8 Å². The molecule has 3 rings (SSSR count). The summed E-state index contributed by atoms with van der Waals surface area (Å²) in [5, 5.41) is 10.2. The summed E-state index contributed by atoms with van der Waals surface area (Å²) < 4.78 is 0. The number of aliphatic hydroxyl groups excluding tert-OH is 1. The van der Waals surface area contributed by atoms with E-state index in [1.165, 1.54) is 11.3 Å². The van der Waals surface area contributed by atoms with Crippen molar-refractivity contribution in [2.75, 3.05) is 5.73 Å². The summed E-state index contributed by atoms with van der Waals surface area (Å²) in [5.74, 6) is 0.0427. The minimum Gasteiger partial charge on any atom is -0.393 e. The van der Waals surface area contributed by atoms with E-state index in [9.17, 15) is 9.90 Å². The molecule has 0 spiro atoms. The lowest BCUT2D eigenvalue weighted by atomic mass is 9.99. The van der Waals surface area contributed by atoms with Gasteiger partial charge in [-0.15, -0.1) is 0 Å². The summed E-state index contributed by atoms with van der Waals surface area (Å²) in [6, 6.07) is 0.378. The highest BCUT2D eigenvalue weighted by Crippen LogP contribution is 2.37. The third kappa shape index (κ3) is 1.80. The van der Waals surface area contributed by atoms with Gasteiger partial charge in [-0.2, -0.15) is 0 Å². The van der Waals surface area contributed by atoms with Crippen molar-refractivity contribution in [3.8, 4) is 0 Å². The smallest absolute Gasteiger partial charge is 0.266 e. The van der Waals surface area contributed by atoms with E-state index in [-0.39, 0.29) is 24.1 Å². The van der Waals surface area contributed by atoms with E-state index in [2.05, 4.69) is 4.98 Å². The van der Waals surface area contributed by atoms with Crippen molar-refractivity contribution < 1.29 is 9.90 Å². The lowest BCUT2D eigenvalue weighted by Crippen LogP contribution is -2.47. The Labute approximate surface area is 110 Å². The van der Waals surface area contributed by atoms with Crippen LogP contribution in [-0.2, 0) is 0 Å². The van der Waals surface area contributed by atoms with Crippen molar-refractivity contribution in [2.24, 2.45) is 0 Å². The topological polar surface area (TPSA) is 79.5 Å². The molecule has 2 atom stereocenters. The average Bonchev–Trinajstić information content (AvgIpc) is 2.76. The van der Waals surface area contributed by atoms with Crippen molar-refractivity contribution in [3.63, 3.8) is 0 Å². The van der Waals surface area contributed by atoms with E-state index in [4.69, 9.17) is 5.73 Å². The Morgan fingerprint density at radius 1 is 1.44 bits per heavy atom. The second-order valence-electron chi connectivity index (χ2n) is 5.19. The number of hydrogen-bond acceptors (Lipinski definition) is 5. The normalized spacial score (nSPS) is 30.8. The van der Waals surface area contributed by atoms with Gasteiger partial charge in [0.25, 0.3) is 5.91 Å². The maximum absolute atomic E-state index is 12.6. The summed E-state index contributed by atoms with van der Waals surface area (Å²) in [7, 11) is 0. The minimum absolute atomic E-state index is 0.0427. The molecule has 3 heterocycles. The molecule has 2 saturated heterocycles. The van der Waals surface area contributed by atoms with Gasteiger partial charge in [0, 0.05) is 12.1 Å². The van der Waals surface area contributed by atoms with E-state index in [0.29, 0.717) is 28.5 Å². The Morgan fingerprint density at radius 2 is 2.06 bits per heavy atom. The van der Waals surface area contributed by atoms with Crippen LogP contribution < -0.4 is 5.73 Å². The first kappa shape index (κ1) is 11.9.